The van der Waals surface area contributed by atoms with Gasteiger partial charge in [-0.15, -0.1) is 0 Å². The quantitative estimate of drug-likeness (QED) is 0.438. The third-order valence-electron chi connectivity index (χ3n) is 6.19. The lowest BCUT2D eigenvalue weighted by Gasteiger charge is -2.39. The summed E-state index contributed by atoms with van der Waals surface area (Å²) in [4.78, 5) is 35.5. The van der Waals surface area contributed by atoms with Gasteiger partial charge in [-0.25, -0.2) is 4.39 Å². The Morgan fingerprint density at radius 3 is 2.51 bits per heavy atom. The average Bonchev–Trinajstić information content (AvgIpc) is 3.29. The number of alkyl halides is 1. The molecule has 0 saturated carbocycles. The van der Waals surface area contributed by atoms with Gasteiger partial charge in [0.05, 0.1) is 18.2 Å². The average molecular weight is 490 g/mol. The number of carbonyl (C=O) groups excluding carboxylic acids is 1. The number of rotatable bonds is 12. The van der Waals surface area contributed by atoms with Crippen LogP contribution in [0.15, 0.2) is 41.7 Å². The van der Waals surface area contributed by atoms with Crippen LogP contribution in [0, 0.1) is 5.92 Å². The number of aromatic nitrogens is 1. The second-order valence-corrected chi connectivity index (χ2v) is 8.67. The molecule has 0 radical (unpaired) electrons. The molecule has 1 aliphatic heterocycles. The van der Waals surface area contributed by atoms with Crippen molar-refractivity contribution in [2.24, 2.45) is 11.1 Å². The Labute approximate surface area is 203 Å². The number of oxime groups is 1. The second-order valence-electron chi connectivity index (χ2n) is 8.67. The highest BCUT2D eigenvalue weighted by molar-refractivity contribution is 6.11. The predicted molar refractivity (Wildman–Crippen MR) is 128 cm³/mol. The van der Waals surface area contributed by atoms with Crippen LogP contribution in [-0.4, -0.2) is 65.0 Å². The molecule has 10 heteroatoms. The molecule has 0 spiro atoms. The first-order valence-corrected chi connectivity index (χ1v) is 11.7. The minimum atomic E-state index is -1.95. The maximum absolute atomic E-state index is 14.2. The Bertz CT molecular complexity index is 1080. The maximum Gasteiger partial charge on any atom is 0.305 e. The number of carboxylic acid groups (broad SMARTS) is 1. The number of carbonyl (C=O) groups is 2. The Morgan fingerprint density at radius 1 is 1.23 bits per heavy atom. The number of carboxylic acids is 1. The van der Waals surface area contributed by atoms with Crippen molar-refractivity contribution in [1.29, 1.82) is 0 Å². The van der Waals surface area contributed by atoms with Crippen molar-refractivity contribution in [3.05, 3.63) is 42.2 Å². The topological polar surface area (TPSA) is 119 Å². The van der Waals surface area contributed by atoms with Crippen LogP contribution in [0.3, 0.4) is 0 Å². The Hall–Kier alpha value is -3.11. The van der Waals surface area contributed by atoms with Crippen LogP contribution in [-0.2, 0) is 23.9 Å². The van der Waals surface area contributed by atoms with Crippen LogP contribution in [0.5, 0.6) is 0 Å². The number of benzene rings is 1. The molecule has 1 aromatic heterocycles. The highest BCUT2D eigenvalue weighted by atomic mass is 19.1. The molecule has 0 bridgehead atoms. The molecule has 0 fully saturated rings. The number of halogens is 1. The summed E-state index contributed by atoms with van der Waals surface area (Å²) in [5, 5.41) is 18.2. The number of hydrogen-bond acceptors (Lipinski definition) is 7. The van der Waals surface area contributed by atoms with Crippen LogP contribution >= 0.6 is 0 Å². The molecule has 2 N–H and O–H groups in total. The van der Waals surface area contributed by atoms with Gasteiger partial charge in [-0.05, 0) is 25.3 Å². The van der Waals surface area contributed by atoms with Gasteiger partial charge in [0.1, 0.15) is 12.4 Å². The van der Waals surface area contributed by atoms with Gasteiger partial charge in [-0.3, -0.25) is 14.6 Å². The summed E-state index contributed by atoms with van der Waals surface area (Å²) >= 11 is 0. The summed E-state index contributed by atoms with van der Waals surface area (Å²) in [5.41, 5.74) is -0.361. The zero-order valence-electron chi connectivity index (χ0n) is 20.4. The lowest BCUT2D eigenvalue weighted by molar-refractivity contribution is -0.258. The first-order chi connectivity index (χ1) is 16.7. The molecule has 0 saturated heterocycles. The second kappa shape index (κ2) is 11.1. The molecule has 2 aromatic rings. The number of nitrogens with zero attached hydrogens (tertiary/aromatic N) is 2. The minimum absolute atomic E-state index is 0.0573. The molecule has 3 rings (SSSR count). The van der Waals surface area contributed by atoms with Gasteiger partial charge in [0.15, 0.2) is 0 Å². The highest BCUT2D eigenvalue weighted by Gasteiger charge is 2.53. The molecular formula is C25H32FN3O6. The van der Waals surface area contributed by atoms with Crippen LogP contribution in [0.25, 0.3) is 10.8 Å². The zero-order chi connectivity index (χ0) is 25.6. The summed E-state index contributed by atoms with van der Waals surface area (Å²) in [7, 11) is 0. The molecule has 1 amide bonds. The van der Waals surface area contributed by atoms with Crippen LogP contribution in [0.4, 0.5) is 4.39 Å². The molecule has 2 heterocycles. The van der Waals surface area contributed by atoms with Crippen LogP contribution in [0.2, 0.25) is 0 Å². The molecule has 190 valence electrons. The minimum Gasteiger partial charge on any atom is -0.481 e. The number of ether oxygens (including phenoxy) is 2. The van der Waals surface area contributed by atoms with Crippen LogP contribution in [0.1, 0.15) is 46.2 Å². The summed E-state index contributed by atoms with van der Waals surface area (Å²) in [5.74, 6) is -4.18. The van der Waals surface area contributed by atoms with Crippen molar-refractivity contribution >= 4 is 28.4 Å². The molecule has 1 aliphatic rings. The first kappa shape index (κ1) is 26.5. The van der Waals surface area contributed by atoms with E-state index < -0.39 is 42.4 Å². The zero-order valence-corrected chi connectivity index (χ0v) is 20.4. The van der Waals surface area contributed by atoms with E-state index in [4.69, 9.17) is 14.3 Å². The van der Waals surface area contributed by atoms with Crippen molar-refractivity contribution < 1.29 is 33.4 Å². The first-order valence-electron chi connectivity index (χ1n) is 11.7. The van der Waals surface area contributed by atoms with Gasteiger partial charge in [-0.1, -0.05) is 43.3 Å². The van der Waals surface area contributed by atoms with Gasteiger partial charge >= 0.3 is 5.97 Å². The van der Waals surface area contributed by atoms with Crippen molar-refractivity contribution in [2.75, 3.05) is 19.9 Å². The van der Waals surface area contributed by atoms with Gasteiger partial charge < -0.3 is 24.7 Å². The van der Waals surface area contributed by atoms with E-state index in [2.05, 4.69) is 15.5 Å². The Morgan fingerprint density at radius 2 is 1.91 bits per heavy atom. The Balaban J connectivity index is 1.93. The lowest BCUT2D eigenvalue weighted by Crippen LogP contribution is -2.62. The molecule has 2 atom stereocenters. The molecule has 35 heavy (non-hydrogen) atoms. The molecule has 0 aliphatic carbocycles. The van der Waals surface area contributed by atoms with Gasteiger partial charge in [0.25, 0.3) is 5.91 Å². The van der Waals surface area contributed by atoms with Crippen molar-refractivity contribution in [3.63, 3.8) is 0 Å². The van der Waals surface area contributed by atoms with Gasteiger partial charge in [0, 0.05) is 37.1 Å². The SMILES string of the molecule is CCOC(CF)(OCC)[C@H](CC(=O)O)NC(=O)[C@]1(C(C)C)CC(c2nccc3ccccc23)=NO1. The molecule has 0 unspecified atom stereocenters. The summed E-state index contributed by atoms with van der Waals surface area (Å²) in [6, 6.07) is 8.25. The summed E-state index contributed by atoms with van der Waals surface area (Å²) in [6.45, 7) is 5.84. The van der Waals surface area contributed by atoms with Crippen molar-refractivity contribution in [2.45, 2.75) is 58.0 Å². The number of fused-ring (bicyclic) bond motifs is 1. The summed E-state index contributed by atoms with van der Waals surface area (Å²) < 4.78 is 25.3. The van der Waals surface area contributed by atoms with Crippen molar-refractivity contribution in [1.82, 2.24) is 10.3 Å². The van der Waals surface area contributed by atoms with E-state index in [0.717, 1.165) is 10.8 Å². The maximum atomic E-state index is 14.2. The fraction of sp³-hybridized carbons (Fsp3) is 0.520. The van der Waals surface area contributed by atoms with E-state index in [-0.39, 0.29) is 25.6 Å². The fourth-order valence-electron chi connectivity index (χ4n) is 4.29. The normalized spacial score (nSPS) is 18.9. The predicted octanol–water partition coefficient (Wildman–Crippen LogP) is 3.45. The smallest absolute Gasteiger partial charge is 0.305 e. The third kappa shape index (κ3) is 5.28. The van der Waals surface area contributed by atoms with Crippen molar-refractivity contribution in [3.8, 4) is 0 Å². The number of hydrogen-bond donors (Lipinski definition) is 2. The Kier molecular flexibility index (Phi) is 8.39. The molecular weight excluding hydrogens is 457 g/mol. The largest absolute Gasteiger partial charge is 0.481 e. The number of nitrogens with one attached hydrogen (secondary N) is 1. The van der Waals surface area contributed by atoms with E-state index in [9.17, 15) is 19.1 Å². The number of pyridine rings is 1. The van der Waals surface area contributed by atoms with E-state index in [0.29, 0.717) is 11.4 Å². The molecule has 1 aromatic carbocycles. The standard InChI is InChI=1S/C25H32FN3O6/c1-5-33-25(15-26,34-6-2)20(13-21(30)31)28-23(32)24(16(3)4)14-19(29-35-24)22-18-10-8-7-9-17(18)11-12-27-22/h7-12,16,20H,5-6,13-15H2,1-4H3,(H,28,32)(H,30,31)/t20-,24+/m0/s1. The van der Waals surface area contributed by atoms with Crippen LogP contribution < -0.4 is 5.32 Å². The van der Waals surface area contributed by atoms with Gasteiger partial charge in [0.2, 0.25) is 11.4 Å². The fourth-order valence-corrected chi connectivity index (χ4v) is 4.29. The van der Waals surface area contributed by atoms with Gasteiger partial charge in [-0.2, -0.15) is 0 Å². The van der Waals surface area contributed by atoms with E-state index in [1.165, 1.54) is 0 Å². The monoisotopic (exact) mass is 489 g/mol. The third-order valence-corrected chi connectivity index (χ3v) is 6.19. The lowest BCUT2D eigenvalue weighted by atomic mass is 9.83. The van der Waals surface area contributed by atoms with E-state index in [1.54, 1.807) is 33.9 Å². The number of aliphatic carboxylic acids is 1. The molecule has 9 nitrogen and oxygen atoms in total. The van der Waals surface area contributed by atoms with E-state index >= 15 is 0 Å². The van der Waals surface area contributed by atoms with E-state index in [1.807, 2.05) is 30.3 Å². The summed E-state index contributed by atoms with van der Waals surface area (Å²) in [6.07, 6.45) is 1.16. The number of amides is 1. The highest BCUT2D eigenvalue weighted by Crippen LogP contribution is 2.36.